The molecule has 1 rings (SSSR count). The van der Waals surface area contributed by atoms with E-state index in [1.807, 2.05) is 12.1 Å². The molecule has 0 heterocycles. The topological polar surface area (TPSA) is 58.9 Å². The van der Waals surface area contributed by atoms with Gasteiger partial charge < -0.3 is 9.84 Å². The van der Waals surface area contributed by atoms with E-state index in [1.165, 1.54) is 0 Å². The average Bonchev–Trinajstić information content (AvgIpc) is 2.27. The molecule has 1 aromatic rings. The Kier molecular flexibility index (Phi) is 3.66. The minimum Gasteiger partial charge on any atom is -0.497 e. The van der Waals surface area contributed by atoms with Crippen LogP contribution in [-0.2, 0) is 4.79 Å². The second kappa shape index (κ2) is 4.79. The largest absolute Gasteiger partial charge is 0.497 e. The van der Waals surface area contributed by atoms with Crippen LogP contribution in [0.1, 0.15) is 19.4 Å². The Morgan fingerprint density at radius 2 is 1.94 bits per heavy atom. The quantitative estimate of drug-likeness (QED) is 0.791. The number of nitrogens with zero attached hydrogens (tertiary/aromatic N) is 1. The Hall–Kier alpha value is -1.84. The third kappa shape index (κ3) is 3.08. The maximum absolute atomic E-state index is 10.8. The molecule has 0 aliphatic rings. The van der Waals surface area contributed by atoms with E-state index in [9.17, 15) is 4.79 Å². The normalized spacial score (nSPS) is 11.7. The number of aliphatic imine (C=N–C) groups is 1. The third-order valence-electron chi connectivity index (χ3n) is 2.18. The van der Waals surface area contributed by atoms with Gasteiger partial charge in [-0.05, 0) is 43.7 Å². The molecule has 86 valence electrons. The van der Waals surface area contributed by atoms with E-state index in [0.717, 1.165) is 11.3 Å². The highest BCUT2D eigenvalue weighted by atomic mass is 16.5. The fraction of sp³-hybridized carbons (Fsp3) is 0.333. The van der Waals surface area contributed by atoms with Crippen LogP contribution in [0.15, 0.2) is 29.3 Å². The van der Waals surface area contributed by atoms with Gasteiger partial charge in [-0.3, -0.25) is 4.99 Å². The molecular weight excluding hydrogens is 206 g/mol. The van der Waals surface area contributed by atoms with Gasteiger partial charge in [-0.2, -0.15) is 0 Å². The summed E-state index contributed by atoms with van der Waals surface area (Å²) in [4.78, 5) is 14.8. The number of methoxy groups -OCH3 is 1. The first-order valence-corrected chi connectivity index (χ1v) is 4.88. The number of hydrogen-bond donors (Lipinski definition) is 1. The second-order valence-corrected chi connectivity index (χ2v) is 3.90. The molecule has 4 heteroatoms. The van der Waals surface area contributed by atoms with Crippen LogP contribution >= 0.6 is 0 Å². The monoisotopic (exact) mass is 221 g/mol. The summed E-state index contributed by atoms with van der Waals surface area (Å²) in [5, 5.41) is 8.87. The highest BCUT2D eigenvalue weighted by molar-refractivity contribution is 5.85. The van der Waals surface area contributed by atoms with Gasteiger partial charge in [0.15, 0.2) is 5.54 Å². The first-order chi connectivity index (χ1) is 7.45. The lowest BCUT2D eigenvalue weighted by molar-refractivity contribution is -0.141. The van der Waals surface area contributed by atoms with Gasteiger partial charge in [0.2, 0.25) is 0 Å². The van der Waals surface area contributed by atoms with Crippen LogP contribution in [0.4, 0.5) is 0 Å². The van der Waals surface area contributed by atoms with Gasteiger partial charge in [0, 0.05) is 6.21 Å². The number of ether oxygens (including phenoxy) is 1. The molecule has 0 saturated carbocycles. The van der Waals surface area contributed by atoms with E-state index in [1.54, 1.807) is 39.3 Å². The molecule has 0 saturated heterocycles. The second-order valence-electron chi connectivity index (χ2n) is 3.90. The maximum atomic E-state index is 10.8. The molecule has 4 nitrogen and oxygen atoms in total. The van der Waals surface area contributed by atoms with E-state index in [2.05, 4.69) is 4.99 Å². The molecule has 1 N–H and O–H groups in total. The average molecular weight is 221 g/mol. The summed E-state index contributed by atoms with van der Waals surface area (Å²) in [5.74, 6) is -0.188. The molecule has 0 aromatic heterocycles. The fourth-order valence-electron chi connectivity index (χ4n) is 0.981. The number of benzene rings is 1. The third-order valence-corrected chi connectivity index (χ3v) is 2.18. The summed E-state index contributed by atoms with van der Waals surface area (Å²) >= 11 is 0. The van der Waals surface area contributed by atoms with Crippen molar-refractivity contribution in [2.45, 2.75) is 19.4 Å². The molecular formula is C12H15NO3. The highest BCUT2D eigenvalue weighted by Crippen LogP contribution is 2.12. The molecule has 0 radical (unpaired) electrons. The van der Waals surface area contributed by atoms with Crippen LogP contribution < -0.4 is 4.74 Å². The summed E-state index contributed by atoms with van der Waals surface area (Å²) in [5.41, 5.74) is -0.255. The molecule has 0 amide bonds. The zero-order valence-corrected chi connectivity index (χ0v) is 9.60. The lowest BCUT2D eigenvalue weighted by atomic mass is 10.1. The molecule has 0 atom stereocenters. The van der Waals surface area contributed by atoms with Crippen molar-refractivity contribution < 1.29 is 14.6 Å². The minimum absolute atomic E-state index is 0.759. The summed E-state index contributed by atoms with van der Waals surface area (Å²) in [6.45, 7) is 3.10. The van der Waals surface area contributed by atoms with Gasteiger partial charge >= 0.3 is 5.97 Å². The van der Waals surface area contributed by atoms with Crippen molar-refractivity contribution in [1.82, 2.24) is 0 Å². The van der Waals surface area contributed by atoms with Gasteiger partial charge in [-0.25, -0.2) is 4.79 Å². The van der Waals surface area contributed by atoms with Crippen LogP contribution in [0.5, 0.6) is 5.75 Å². The predicted octanol–water partition coefficient (Wildman–Crippen LogP) is 1.98. The molecule has 16 heavy (non-hydrogen) atoms. The summed E-state index contributed by atoms with van der Waals surface area (Å²) in [6, 6.07) is 7.24. The van der Waals surface area contributed by atoms with Gasteiger partial charge in [0.1, 0.15) is 5.75 Å². The van der Waals surface area contributed by atoms with Crippen molar-refractivity contribution in [2.24, 2.45) is 4.99 Å². The van der Waals surface area contributed by atoms with Crippen LogP contribution in [0.25, 0.3) is 0 Å². The van der Waals surface area contributed by atoms with Crippen LogP contribution in [0, 0.1) is 0 Å². The summed E-state index contributed by atoms with van der Waals surface area (Å²) < 4.78 is 5.01. The molecule has 0 aliphatic carbocycles. The molecule has 0 fully saturated rings. The standard InChI is InChI=1S/C12H15NO3/c1-12(2,11(14)15)13-8-9-4-6-10(16-3)7-5-9/h4-8H,1-3H3,(H,14,15). The number of carbonyl (C=O) groups is 1. The Morgan fingerprint density at radius 3 is 2.38 bits per heavy atom. The molecule has 0 bridgehead atoms. The number of hydrogen-bond acceptors (Lipinski definition) is 3. The van der Waals surface area contributed by atoms with Crippen molar-refractivity contribution >= 4 is 12.2 Å². The van der Waals surface area contributed by atoms with Crippen molar-refractivity contribution in [3.63, 3.8) is 0 Å². The van der Waals surface area contributed by atoms with Crippen molar-refractivity contribution in [1.29, 1.82) is 0 Å². The predicted molar refractivity (Wildman–Crippen MR) is 62.3 cm³/mol. The van der Waals surface area contributed by atoms with E-state index < -0.39 is 11.5 Å². The summed E-state index contributed by atoms with van der Waals surface area (Å²) in [7, 11) is 1.59. The van der Waals surface area contributed by atoms with Crippen molar-refractivity contribution in [3.05, 3.63) is 29.8 Å². The minimum atomic E-state index is -1.10. The Labute approximate surface area is 94.6 Å². The van der Waals surface area contributed by atoms with Crippen LogP contribution in [-0.4, -0.2) is 29.9 Å². The Morgan fingerprint density at radius 1 is 1.38 bits per heavy atom. The molecule has 0 spiro atoms. The number of aliphatic carboxylic acids is 1. The lowest BCUT2D eigenvalue weighted by Gasteiger charge is -2.12. The van der Waals surface area contributed by atoms with Crippen molar-refractivity contribution in [2.75, 3.05) is 7.11 Å². The highest BCUT2D eigenvalue weighted by Gasteiger charge is 2.24. The fourth-order valence-corrected chi connectivity index (χ4v) is 0.981. The zero-order valence-electron chi connectivity index (χ0n) is 9.60. The summed E-state index contributed by atoms with van der Waals surface area (Å²) in [6.07, 6.45) is 1.55. The maximum Gasteiger partial charge on any atom is 0.330 e. The Bertz CT molecular complexity index is 393. The van der Waals surface area contributed by atoms with E-state index in [-0.39, 0.29) is 0 Å². The van der Waals surface area contributed by atoms with Crippen LogP contribution in [0.3, 0.4) is 0 Å². The number of rotatable bonds is 4. The molecule has 1 aromatic carbocycles. The first kappa shape index (κ1) is 12.2. The van der Waals surface area contributed by atoms with Gasteiger partial charge in [0.25, 0.3) is 0 Å². The zero-order chi connectivity index (χ0) is 12.2. The van der Waals surface area contributed by atoms with Gasteiger partial charge in [0.05, 0.1) is 7.11 Å². The van der Waals surface area contributed by atoms with E-state index in [4.69, 9.17) is 9.84 Å². The smallest absolute Gasteiger partial charge is 0.330 e. The van der Waals surface area contributed by atoms with Crippen LogP contribution in [0.2, 0.25) is 0 Å². The van der Waals surface area contributed by atoms with Gasteiger partial charge in [-0.1, -0.05) is 0 Å². The lowest BCUT2D eigenvalue weighted by Crippen LogP contribution is -2.28. The Balaban J connectivity index is 2.80. The molecule has 0 unspecified atom stereocenters. The van der Waals surface area contributed by atoms with Gasteiger partial charge in [-0.15, -0.1) is 0 Å². The van der Waals surface area contributed by atoms with E-state index in [0.29, 0.717) is 0 Å². The number of carboxylic acid groups (broad SMARTS) is 1. The number of carboxylic acids is 1. The molecule has 0 aliphatic heterocycles. The SMILES string of the molecule is COc1ccc(C=NC(C)(C)C(=O)O)cc1. The first-order valence-electron chi connectivity index (χ1n) is 4.88. The van der Waals surface area contributed by atoms with Crippen molar-refractivity contribution in [3.8, 4) is 5.75 Å². The van der Waals surface area contributed by atoms with E-state index >= 15 is 0 Å².